The fourth-order valence-electron chi connectivity index (χ4n) is 10.6. The van der Waals surface area contributed by atoms with Crippen molar-refractivity contribution in [3.05, 3.63) is 141 Å². The fourth-order valence-corrected chi connectivity index (χ4v) is 10.6. The van der Waals surface area contributed by atoms with Crippen LogP contribution >= 0.6 is 0 Å². The molecule has 3 atom stereocenters. The first-order valence-corrected chi connectivity index (χ1v) is 26.7. The number of ether oxygens (including phenoxy) is 1. The van der Waals surface area contributed by atoms with Crippen molar-refractivity contribution in [1.82, 2.24) is 25.3 Å². The van der Waals surface area contributed by atoms with Gasteiger partial charge in [-0.05, 0) is 114 Å². The molecule has 4 heterocycles. The quantitative estimate of drug-likeness (QED) is 0.0484. The van der Waals surface area contributed by atoms with Crippen molar-refractivity contribution in [3.8, 4) is 0 Å². The maximum atomic E-state index is 13.4. The number of esters is 1. The third-order valence-electron chi connectivity index (χ3n) is 16.4. The second kappa shape index (κ2) is 22.2. The number of rotatable bonds is 18. The lowest BCUT2D eigenvalue weighted by atomic mass is 9.94. The van der Waals surface area contributed by atoms with Crippen molar-refractivity contribution in [2.45, 2.75) is 147 Å². The van der Waals surface area contributed by atoms with Gasteiger partial charge in [-0.25, -0.2) is 4.90 Å². The van der Waals surface area contributed by atoms with Gasteiger partial charge in [0.05, 0.1) is 0 Å². The average molecular weight is 1060 g/mol. The molecule has 18 heteroatoms. The summed E-state index contributed by atoms with van der Waals surface area (Å²) >= 11 is 0. The minimum Gasteiger partial charge on any atom is -0.443 e. The molecule has 6 aliphatic rings. The van der Waals surface area contributed by atoms with Crippen molar-refractivity contribution in [3.63, 3.8) is 0 Å². The minimum absolute atomic E-state index is 0.00440. The molecule has 2 unspecified atom stereocenters. The Bertz CT molecular complexity index is 3160. The first-order chi connectivity index (χ1) is 37.2. The molecule has 4 N–H and O–H groups in total. The van der Waals surface area contributed by atoms with Crippen molar-refractivity contribution < 1.29 is 57.5 Å². The summed E-state index contributed by atoms with van der Waals surface area (Å²) in [4.78, 5) is 143. The number of aryl methyl sites for hydroxylation is 1. The summed E-state index contributed by atoms with van der Waals surface area (Å²) in [7, 11) is 0. The molecule has 78 heavy (non-hydrogen) atoms. The molecule has 4 aromatic carbocycles. The van der Waals surface area contributed by atoms with Gasteiger partial charge in [-0.3, -0.25) is 58.1 Å². The van der Waals surface area contributed by atoms with Crippen molar-refractivity contribution in [2.24, 2.45) is 11.7 Å². The van der Waals surface area contributed by atoms with Gasteiger partial charge in [0.1, 0.15) is 18.1 Å². The van der Waals surface area contributed by atoms with Crippen LogP contribution in [0.25, 0.3) is 0 Å². The van der Waals surface area contributed by atoms with Gasteiger partial charge in [0.25, 0.3) is 23.6 Å². The summed E-state index contributed by atoms with van der Waals surface area (Å²) < 4.78 is 5.14. The largest absolute Gasteiger partial charge is 0.443 e. The zero-order valence-electron chi connectivity index (χ0n) is 44.3. The molecule has 10 rings (SSSR count). The van der Waals surface area contributed by atoms with E-state index in [1.807, 2.05) is 30.3 Å². The molecule has 2 saturated carbocycles. The van der Waals surface area contributed by atoms with Gasteiger partial charge >= 0.3 is 5.97 Å². The molecular formula is C60H64N6O12. The van der Waals surface area contributed by atoms with Gasteiger partial charge < -0.3 is 25.6 Å². The number of hydrogen-bond donors (Lipinski definition) is 3. The number of carbonyl (C=O) groups excluding carboxylic acids is 11. The van der Waals surface area contributed by atoms with Gasteiger partial charge in [-0.1, -0.05) is 100 Å². The molecule has 0 radical (unpaired) electrons. The van der Waals surface area contributed by atoms with Crippen LogP contribution in [0.5, 0.6) is 0 Å². The molecule has 0 bridgehead atoms. The Labute approximate surface area is 451 Å². The van der Waals surface area contributed by atoms with E-state index in [9.17, 15) is 52.7 Å². The van der Waals surface area contributed by atoms with Gasteiger partial charge in [0.15, 0.2) is 6.73 Å². The van der Waals surface area contributed by atoms with Crippen molar-refractivity contribution >= 4 is 64.7 Å². The first kappa shape index (κ1) is 54.8. The Morgan fingerprint density at radius 1 is 0.692 bits per heavy atom. The Morgan fingerprint density at radius 3 is 1.77 bits per heavy atom. The predicted octanol–water partition coefficient (Wildman–Crippen LogP) is 5.47. The predicted molar refractivity (Wildman–Crippen MR) is 282 cm³/mol. The first-order valence-electron chi connectivity index (χ1n) is 26.7. The van der Waals surface area contributed by atoms with Gasteiger partial charge in [0, 0.05) is 61.2 Å². The third-order valence-corrected chi connectivity index (χ3v) is 16.4. The number of likely N-dealkylation sites (tertiary alicyclic amines) is 1. The van der Waals surface area contributed by atoms with Crippen LogP contribution in [0.3, 0.4) is 0 Å². The van der Waals surface area contributed by atoms with Crippen LogP contribution < -0.4 is 16.4 Å². The summed E-state index contributed by atoms with van der Waals surface area (Å²) in [6.45, 7) is 7.70. The van der Waals surface area contributed by atoms with Crippen LogP contribution in [-0.4, -0.2) is 104 Å². The highest BCUT2D eigenvalue weighted by Crippen LogP contribution is 2.48. The molecule has 2 saturated heterocycles. The fraction of sp³-hybridized carbons (Fsp3) is 0.417. The lowest BCUT2D eigenvalue weighted by Gasteiger charge is -2.35. The van der Waals surface area contributed by atoms with Crippen molar-refractivity contribution in [2.75, 3.05) is 6.73 Å². The van der Waals surface area contributed by atoms with E-state index >= 15 is 0 Å². The number of nitrogens with zero attached hydrogens (tertiary/aromatic N) is 3. The molecule has 18 nitrogen and oxygen atoms in total. The zero-order valence-corrected chi connectivity index (χ0v) is 44.3. The highest BCUT2D eigenvalue weighted by molar-refractivity contribution is 6.43. The number of hydrogen-bond acceptors (Lipinski definition) is 13. The number of Topliss-reactive ketones (excluding diaryl/α,β-unsaturated/α-hetero) is 3. The van der Waals surface area contributed by atoms with Gasteiger partial charge in [-0.2, -0.15) is 0 Å². The highest BCUT2D eigenvalue weighted by Gasteiger charge is 2.45. The molecule has 406 valence electrons. The molecule has 4 aliphatic heterocycles. The molecule has 2 aliphatic carbocycles. The van der Waals surface area contributed by atoms with Crippen LogP contribution in [0.15, 0.2) is 84.9 Å². The van der Waals surface area contributed by atoms with E-state index in [0.29, 0.717) is 59.2 Å². The maximum absolute atomic E-state index is 13.4. The number of benzene rings is 4. The Hall–Kier alpha value is -7.99. The zero-order chi connectivity index (χ0) is 55.8. The van der Waals surface area contributed by atoms with Crippen LogP contribution in [0.1, 0.15) is 167 Å². The van der Waals surface area contributed by atoms with E-state index in [-0.39, 0.29) is 73.2 Å². The van der Waals surface area contributed by atoms with E-state index in [0.717, 1.165) is 47.3 Å². The Morgan fingerprint density at radius 2 is 1.22 bits per heavy atom. The third kappa shape index (κ3) is 11.4. The summed E-state index contributed by atoms with van der Waals surface area (Å²) in [5.41, 5.74) is 13.3. The number of piperidine rings is 2. The lowest BCUT2D eigenvalue weighted by molar-refractivity contribution is -0.165. The van der Waals surface area contributed by atoms with E-state index in [4.69, 9.17) is 10.5 Å². The van der Waals surface area contributed by atoms with Crippen LogP contribution in [0, 0.1) is 5.92 Å². The number of amides is 7. The standard InChI is InChI=1S/C32H36N4O7.C28H28N2O5/c1-18(2)26(33)31(42)43-17-36-25(37)12-11-24(30(36)41)35-16-23-20(5-4-6-22(23)29(35)40)15-34-28(39)27(38)19-7-9-21(10-8-19)32(3)13-14-32;1-28(14-15-28)19-10-8-18(9-11-19)25(33)23(31)7-3-5-17-4-2-6-20-21(17)16-30(27(20)35)22-12-13-24(32)29-26(22)34/h4-10,18,24,26H,11-17,33H2,1-3H3,(H,34,39);2,4,6,8-11,22H,3,5,7,12-16H2,1H3,(H,29,32,34)/t24?,26-;/m1./s1. The molecule has 7 amide bonds. The van der Waals surface area contributed by atoms with Crippen LogP contribution in [-0.2, 0) is 75.2 Å². The molecule has 0 spiro atoms. The molecular weight excluding hydrogens is 997 g/mol. The Kier molecular flexibility index (Phi) is 15.6. The number of fused-ring (bicyclic) bond motifs is 2. The van der Waals surface area contributed by atoms with E-state index in [1.165, 1.54) is 15.4 Å². The average Bonchev–Trinajstić information content (AvgIpc) is 4.35. The number of carbonyl (C=O) groups is 11. The molecule has 4 fully saturated rings. The van der Waals surface area contributed by atoms with E-state index in [1.54, 1.807) is 68.4 Å². The monoisotopic (exact) mass is 1060 g/mol. The normalized spacial score (nSPS) is 20.1. The molecule has 4 aromatic rings. The van der Waals surface area contributed by atoms with E-state index < -0.39 is 71.8 Å². The van der Waals surface area contributed by atoms with Crippen molar-refractivity contribution in [1.29, 1.82) is 0 Å². The summed E-state index contributed by atoms with van der Waals surface area (Å²) in [6, 6.07) is 22.6. The highest BCUT2D eigenvalue weighted by atomic mass is 16.5. The second-order valence-electron chi connectivity index (χ2n) is 22.2. The molecule has 0 aromatic heterocycles. The van der Waals surface area contributed by atoms with E-state index in [2.05, 4.69) is 24.5 Å². The minimum atomic E-state index is -0.931. The smallest absolute Gasteiger partial charge is 0.324 e. The van der Waals surface area contributed by atoms with Gasteiger partial charge in [0.2, 0.25) is 35.1 Å². The number of ketones is 3. The summed E-state index contributed by atoms with van der Waals surface area (Å²) in [6.07, 6.45) is 6.34. The lowest BCUT2D eigenvalue weighted by Crippen LogP contribution is -2.55. The number of nitrogens with two attached hydrogens (primary N) is 1. The SMILES string of the molecule is CC(C)[C@@H](N)C(=O)OCN1C(=O)CCC(N2Cc3c(CNC(=O)C(=O)c4ccc(C5(C)CC5)cc4)cccc3C2=O)C1=O.CC1(c2ccc(C(=O)C(=O)CCCc3cccc4c3CN(C3CCC(=O)NC3=O)C4=O)cc2)CC1. The van der Waals surface area contributed by atoms with Gasteiger partial charge in [-0.15, -0.1) is 0 Å². The van der Waals surface area contributed by atoms with Crippen LogP contribution in [0.2, 0.25) is 0 Å². The second-order valence-corrected chi connectivity index (χ2v) is 22.2. The number of nitrogens with one attached hydrogen (secondary N) is 2. The maximum Gasteiger partial charge on any atom is 0.324 e. The topological polar surface area (TPSA) is 257 Å². The summed E-state index contributed by atoms with van der Waals surface area (Å²) in [5.74, 6) is -5.68. The number of imide groups is 2. The Balaban J connectivity index is 0.000000193. The summed E-state index contributed by atoms with van der Waals surface area (Å²) in [5, 5.41) is 4.97. The van der Waals surface area contributed by atoms with Crippen LogP contribution in [0.4, 0.5) is 0 Å².